The van der Waals surface area contributed by atoms with Crippen molar-refractivity contribution in [2.75, 3.05) is 0 Å². The quantitative estimate of drug-likeness (QED) is 0.179. The number of aromatic nitrogens is 1. The average molecular weight is 646 g/mol. The van der Waals surface area contributed by atoms with E-state index in [0.717, 1.165) is 5.69 Å². The fraction of sp³-hybridized carbons (Fsp3) is 0. The minimum Gasteiger partial charge on any atom is -0.309 e. The van der Waals surface area contributed by atoms with Crippen LogP contribution in [-0.4, -0.2) is 4.57 Å². The van der Waals surface area contributed by atoms with Crippen molar-refractivity contribution >= 4 is 43.4 Å². The van der Waals surface area contributed by atoms with Crippen LogP contribution in [0.5, 0.6) is 0 Å². The van der Waals surface area contributed by atoms with Crippen molar-refractivity contribution in [3.8, 4) is 61.3 Å². The lowest BCUT2D eigenvalue weighted by molar-refractivity contribution is 1.18. The van der Waals surface area contributed by atoms with E-state index in [0.29, 0.717) is 0 Å². The molecule has 1 nitrogen and oxygen atoms in total. The van der Waals surface area contributed by atoms with E-state index in [1.807, 2.05) is 0 Å². The Labute approximate surface area is 296 Å². The van der Waals surface area contributed by atoms with Crippen molar-refractivity contribution in [2.24, 2.45) is 0 Å². The van der Waals surface area contributed by atoms with E-state index >= 15 is 0 Å². The Morgan fingerprint density at radius 2 is 0.804 bits per heavy atom. The predicted octanol–water partition coefficient (Wildman–Crippen LogP) is 13.7. The molecular weight excluding hydrogens is 615 g/mol. The first-order chi connectivity index (χ1) is 25.3. The Morgan fingerprint density at radius 3 is 1.41 bits per heavy atom. The summed E-state index contributed by atoms with van der Waals surface area (Å²) in [7, 11) is 0. The van der Waals surface area contributed by atoms with Crippen molar-refractivity contribution in [2.45, 2.75) is 0 Å². The van der Waals surface area contributed by atoms with Gasteiger partial charge in [0.25, 0.3) is 0 Å². The van der Waals surface area contributed by atoms with Crippen LogP contribution in [0.1, 0.15) is 0 Å². The van der Waals surface area contributed by atoms with Crippen molar-refractivity contribution in [1.82, 2.24) is 4.57 Å². The maximum absolute atomic E-state index is 2.40. The summed E-state index contributed by atoms with van der Waals surface area (Å²) < 4.78 is 2.40. The van der Waals surface area contributed by atoms with Gasteiger partial charge in [-0.15, -0.1) is 0 Å². The van der Waals surface area contributed by atoms with Gasteiger partial charge >= 0.3 is 0 Å². The Balaban J connectivity index is 1.22. The molecule has 1 aliphatic rings. The Kier molecular flexibility index (Phi) is 6.02. The molecule has 1 heterocycles. The van der Waals surface area contributed by atoms with Crippen LogP contribution >= 0.6 is 0 Å². The highest BCUT2D eigenvalue weighted by Gasteiger charge is 2.32. The standard InChI is InChI=1S/C50H31N/c1-3-14-33(15-4-1)45-40-21-7-8-22-41(40)46(34-16-5-2-6-17-34)50-48-37(31-28-35-18-13-23-42(47(35)48)49(45)50)32-26-29-36(30-27-32)51-43-24-11-9-19-38(43)39-20-10-12-25-44(39)51/h1-31H. The number of benzene rings is 9. The normalized spacial score (nSPS) is 11.9. The summed E-state index contributed by atoms with van der Waals surface area (Å²) >= 11 is 0. The van der Waals surface area contributed by atoms with E-state index in [9.17, 15) is 0 Å². The number of para-hydroxylation sites is 2. The Hall–Kier alpha value is -6.70. The summed E-state index contributed by atoms with van der Waals surface area (Å²) in [6.07, 6.45) is 0. The highest BCUT2D eigenvalue weighted by molar-refractivity contribution is 6.29. The SMILES string of the molecule is c1ccc(-c2c3c(c(-c4ccccc4)c4ccccc24)-c2c(-c4ccc(-n5c6ccccc6c6ccccc65)cc4)ccc4cccc-3c24)cc1. The van der Waals surface area contributed by atoms with Crippen molar-refractivity contribution < 1.29 is 0 Å². The highest BCUT2D eigenvalue weighted by atomic mass is 15.0. The maximum Gasteiger partial charge on any atom is 0.0541 e. The number of nitrogens with zero attached hydrogens (tertiary/aromatic N) is 1. The molecule has 1 aliphatic carbocycles. The van der Waals surface area contributed by atoms with E-state index in [2.05, 4.69) is 193 Å². The third-order valence-electron chi connectivity index (χ3n) is 10.9. The predicted molar refractivity (Wildman–Crippen MR) is 217 cm³/mol. The molecule has 236 valence electrons. The molecule has 0 aliphatic heterocycles. The number of hydrogen-bond acceptors (Lipinski definition) is 0. The van der Waals surface area contributed by atoms with Gasteiger partial charge in [0.2, 0.25) is 0 Å². The van der Waals surface area contributed by atoms with Gasteiger partial charge in [-0.25, -0.2) is 0 Å². The molecule has 0 bridgehead atoms. The van der Waals surface area contributed by atoms with Gasteiger partial charge in [-0.3, -0.25) is 0 Å². The van der Waals surface area contributed by atoms with Gasteiger partial charge in [0, 0.05) is 16.5 Å². The van der Waals surface area contributed by atoms with Crippen LogP contribution in [0.2, 0.25) is 0 Å². The largest absolute Gasteiger partial charge is 0.309 e. The van der Waals surface area contributed by atoms with Crippen LogP contribution in [-0.2, 0) is 0 Å². The molecule has 0 saturated heterocycles. The third kappa shape index (κ3) is 4.03. The van der Waals surface area contributed by atoms with Crippen molar-refractivity contribution in [3.05, 3.63) is 188 Å². The zero-order chi connectivity index (χ0) is 33.5. The second-order valence-corrected chi connectivity index (χ2v) is 13.6. The first-order valence-electron chi connectivity index (χ1n) is 17.7. The summed E-state index contributed by atoms with van der Waals surface area (Å²) in [6, 6.07) is 69.1. The second kappa shape index (κ2) is 10.9. The van der Waals surface area contributed by atoms with Crippen molar-refractivity contribution in [1.29, 1.82) is 0 Å². The number of hydrogen-bond donors (Lipinski definition) is 0. The van der Waals surface area contributed by atoms with Gasteiger partial charge < -0.3 is 4.57 Å². The molecule has 0 N–H and O–H groups in total. The molecule has 0 saturated carbocycles. The van der Waals surface area contributed by atoms with Gasteiger partial charge in [-0.1, -0.05) is 164 Å². The minimum atomic E-state index is 1.16. The third-order valence-corrected chi connectivity index (χ3v) is 10.9. The van der Waals surface area contributed by atoms with Crippen LogP contribution in [0.15, 0.2) is 188 Å². The lowest BCUT2D eigenvalue weighted by Crippen LogP contribution is -1.95. The fourth-order valence-electron chi connectivity index (χ4n) is 8.85. The lowest BCUT2D eigenvalue weighted by atomic mass is 9.81. The van der Waals surface area contributed by atoms with E-state index in [-0.39, 0.29) is 0 Å². The molecule has 11 rings (SSSR count). The van der Waals surface area contributed by atoms with Gasteiger partial charge in [-0.2, -0.15) is 0 Å². The molecule has 0 unspecified atom stereocenters. The second-order valence-electron chi connectivity index (χ2n) is 13.6. The average Bonchev–Trinajstić information content (AvgIpc) is 3.72. The van der Waals surface area contributed by atoms with E-state index in [1.54, 1.807) is 0 Å². The van der Waals surface area contributed by atoms with Crippen LogP contribution in [0.4, 0.5) is 0 Å². The first kappa shape index (κ1) is 28.2. The molecule has 0 fully saturated rings. The lowest BCUT2D eigenvalue weighted by Gasteiger charge is -2.21. The molecule has 0 amide bonds. The van der Waals surface area contributed by atoms with E-state index < -0.39 is 0 Å². The minimum absolute atomic E-state index is 1.16. The maximum atomic E-state index is 2.40. The Bertz CT molecular complexity index is 2930. The summed E-state index contributed by atoms with van der Waals surface area (Å²) in [5, 5.41) is 7.72. The molecule has 1 aromatic heterocycles. The molecule has 0 radical (unpaired) electrons. The summed E-state index contributed by atoms with van der Waals surface area (Å²) in [6.45, 7) is 0. The van der Waals surface area contributed by atoms with Crippen LogP contribution in [0, 0.1) is 0 Å². The fourth-order valence-corrected chi connectivity index (χ4v) is 8.85. The molecule has 1 heteroatoms. The zero-order valence-electron chi connectivity index (χ0n) is 27.8. The first-order valence-corrected chi connectivity index (χ1v) is 17.7. The number of rotatable bonds is 4. The summed E-state index contributed by atoms with van der Waals surface area (Å²) in [5.41, 5.74) is 16.5. The van der Waals surface area contributed by atoms with Gasteiger partial charge in [0.05, 0.1) is 11.0 Å². The molecule has 0 atom stereocenters. The zero-order valence-corrected chi connectivity index (χ0v) is 27.8. The summed E-state index contributed by atoms with van der Waals surface area (Å²) in [5.74, 6) is 0. The monoisotopic (exact) mass is 645 g/mol. The van der Waals surface area contributed by atoms with Crippen molar-refractivity contribution in [3.63, 3.8) is 0 Å². The molecule has 10 aromatic rings. The van der Waals surface area contributed by atoms with Gasteiger partial charge in [-0.05, 0) is 101 Å². The summed E-state index contributed by atoms with van der Waals surface area (Å²) in [4.78, 5) is 0. The molecular formula is C50H31N. The van der Waals surface area contributed by atoms with Gasteiger partial charge in [0.15, 0.2) is 0 Å². The molecule has 0 spiro atoms. The van der Waals surface area contributed by atoms with Crippen LogP contribution < -0.4 is 0 Å². The molecule has 51 heavy (non-hydrogen) atoms. The van der Waals surface area contributed by atoms with Gasteiger partial charge in [0.1, 0.15) is 0 Å². The van der Waals surface area contributed by atoms with Crippen LogP contribution in [0.3, 0.4) is 0 Å². The van der Waals surface area contributed by atoms with E-state index in [1.165, 1.54) is 99.0 Å². The topological polar surface area (TPSA) is 4.93 Å². The van der Waals surface area contributed by atoms with Crippen LogP contribution in [0.25, 0.3) is 105 Å². The van der Waals surface area contributed by atoms with E-state index in [4.69, 9.17) is 0 Å². The smallest absolute Gasteiger partial charge is 0.0541 e. The number of fused-ring (bicyclic) bond motifs is 7. The Morgan fingerprint density at radius 1 is 0.275 bits per heavy atom. The highest BCUT2D eigenvalue weighted by Crippen LogP contribution is 2.59. The molecule has 9 aromatic carbocycles.